The van der Waals surface area contributed by atoms with Gasteiger partial charge in [0.2, 0.25) is 0 Å². The van der Waals surface area contributed by atoms with Gasteiger partial charge in [-0.3, -0.25) is 4.99 Å². The molecule has 0 amide bonds. The molecule has 0 aromatic heterocycles. The molecular formula is C27H19NO6. The molecule has 7 aliphatic rings. The molecule has 7 aliphatic heterocycles. The van der Waals surface area contributed by atoms with Gasteiger partial charge >= 0.3 is 0 Å². The van der Waals surface area contributed by atoms with Crippen LogP contribution in [0.5, 0.6) is 23.0 Å². The second-order valence-corrected chi connectivity index (χ2v) is 10.1. The Kier molecular flexibility index (Phi) is 2.67. The van der Waals surface area contributed by atoms with E-state index in [1.54, 1.807) is 0 Å². The van der Waals surface area contributed by atoms with Crippen molar-refractivity contribution in [3.8, 4) is 23.0 Å². The van der Waals surface area contributed by atoms with Crippen LogP contribution in [0.4, 0.5) is 0 Å². The van der Waals surface area contributed by atoms with Crippen molar-refractivity contribution in [2.45, 2.75) is 37.3 Å². The van der Waals surface area contributed by atoms with Crippen LogP contribution in [-0.2, 0) is 9.47 Å². The van der Waals surface area contributed by atoms with Crippen LogP contribution in [0.1, 0.15) is 13.8 Å². The lowest BCUT2D eigenvalue weighted by molar-refractivity contribution is -0.102. The number of ether oxygens (including phenoxy) is 6. The highest BCUT2D eigenvalue weighted by molar-refractivity contribution is 5.82. The van der Waals surface area contributed by atoms with Crippen LogP contribution < -0.4 is 18.9 Å². The molecule has 0 spiro atoms. The average Bonchev–Trinajstić information content (AvgIpc) is 3.52. The minimum atomic E-state index is -0.906. The van der Waals surface area contributed by atoms with Crippen LogP contribution >= 0.6 is 0 Å². The predicted octanol–water partition coefficient (Wildman–Crippen LogP) is 4.27. The van der Waals surface area contributed by atoms with Gasteiger partial charge in [-0.1, -0.05) is 30.3 Å². The first kappa shape index (κ1) is 17.9. The molecule has 6 unspecified atom stereocenters. The van der Waals surface area contributed by atoms with Crippen LogP contribution in [0.25, 0.3) is 0 Å². The largest absolute Gasteiger partial charge is 0.451 e. The van der Waals surface area contributed by atoms with E-state index in [4.69, 9.17) is 28.4 Å². The summed E-state index contributed by atoms with van der Waals surface area (Å²) in [6, 6.07) is 15.4. The summed E-state index contributed by atoms with van der Waals surface area (Å²) >= 11 is 0. The number of para-hydroxylation sites is 4. The summed E-state index contributed by atoms with van der Waals surface area (Å²) in [7, 11) is 0. The third-order valence-electron chi connectivity index (χ3n) is 8.83. The maximum atomic E-state index is 7.00. The Labute approximate surface area is 194 Å². The quantitative estimate of drug-likeness (QED) is 0.594. The van der Waals surface area contributed by atoms with Crippen LogP contribution in [0.15, 0.2) is 88.8 Å². The van der Waals surface area contributed by atoms with E-state index in [-0.39, 0.29) is 0 Å². The Morgan fingerprint density at radius 3 is 1.76 bits per heavy atom. The van der Waals surface area contributed by atoms with Gasteiger partial charge < -0.3 is 28.4 Å². The Hall–Kier alpha value is -3.55. The van der Waals surface area contributed by atoms with E-state index in [0.29, 0.717) is 46.0 Å². The summed E-state index contributed by atoms with van der Waals surface area (Å²) in [5.41, 5.74) is -3.16. The highest BCUT2D eigenvalue weighted by atomic mass is 16.7. The summed E-state index contributed by atoms with van der Waals surface area (Å²) in [4.78, 5) is 4.62. The number of hydrogen-bond donors (Lipinski definition) is 0. The monoisotopic (exact) mass is 453 g/mol. The van der Waals surface area contributed by atoms with Gasteiger partial charge in [0.1, 0.15) is 23.4 Å². The molecule has 2 aromatic carbocycles. The summed E-state index contributed by atoms with van der Waals surface area (Å²) < 4.78 is 39.6. The van der Waals surface area contributed by atoms with Crippen molar-refractivity contribution in [2.75, 3.05) is 0 Å². The molecule has 0 radical (unpaired) electrons. The van der Waals surface area contributed by atoms with Gasteiger partial charge in [0.15, 0.2) is 46.0 Å². The highest BCUT2D eigenvalue weighted by Crippen LogP contribution is 2.81. The molecule has 4 bridgehead atoms. The molecule has 0 saturated carbocycles. The fraction of sp³-hybridized carbons (Fsp3) is 0.296. The maximum Gasteiger partial charge on any atom is 0.178 e. The van der Waals surface area contributed by atoms with Crippen LogP contribution in [-0.4, -0.2) is 29.6 Å². The first-order valence-corrected chi connectivity index (χ1v) is 11.5. The van der Waals surface area contributed by atoms with Gasteiger partial charge in [-0.15, -0.1) is 0 Å². The molecule has 0 N–H and O–H groups in total. The fourth-order valence-corrected chi connectivity index (χ4v) is 7.54. The minimum absolute atomic E-state index is 0.439. The molecule has 2 fully saturated rings. The molecule has 9 rings (SSSR count). The van der Waals surface area contributed by atoms with E-state index in [1.807, 2.05) is 60.9 Å². The normalized spacial score (nSPS) is 42.5. The van der Waals surface area contributed by atoms with E-state index in [2.05, 4.69) is 24.9 Å². The zero-order valence-corrected chi connectivity index (χ0v) is 18.4. The van der Waals surface area contributed by atoms with Gasteiger partial charge in [0, 0.05) is 12.4 Å². The summed E-state index contributed by atoms with van der Waals surface area (Å²) in [6.45, 7) is 4.12. The van der Waals surface area contributed by atoms with E-state index in [9.17, 15) is 0 Å². The summed E-state index contributed by atoms with van der Waals surface area (Å²) in [6.07, 6.45) is 5.02. The van der Waals surface area contributed by atoms with Gasteiger partial charge in [0.25, 0.3) is 0 Å². The van der Waals surface area contributed by atoms with Gasteiger partial charge in [0.05, 0.1) is 10.8 Å². The van der Waals surface area contributed by atoms with E-state index in [1.165, 1.54) is 0 Å². The van der Waals surface area contributed by atoms with Crippen molar-refractivity contribution in [1.29, 1.82) is 0 Å². The molecule has 7 heteroatoms. The highest BCUT2D eigenvalue weighted by Gasteiger charge is 2.93. The Morgan fingerprint density at radius 2 is 1.18 bits per heavy atom. The molecule has 7 heterocycles. The van der Waals surface area contributed by atoms with E-state index in [0.717, 1.165) is 0 Å². The molecule has 0 aliphatic carbocycles. The Bertz CT molecular complexity index is 1380. The van der Waals surface area contributed by atoms with Crippen LogP contribution in [0.2, 0.25) is 0 Å². The second kappa shape index (κ2) is 5.09. The molecule has 168 valence electrons. The lowest BCUT2D eigenvalue weighted by atomic mass is 9.45. The van der Waals surface area contributed by atoms with Crippen molar-refractivity contribution in [1.82, 2.24) is 0 Å². The number of fused-ring (bicyclic) bond motifs is 10. The van der Waals surface area contributed by atoms with Crippen LogP contribution in [0.3, 0.4) is 0 Å². The maximum absolute atomic E-state index is 7.00. The smallest absolute Gasteiger partial charge is 0.178 e. The number of rotatable bonds is 0. The molecule has 34 heavy (non-hydrogen) atoms. The Morgan fingerprint density at radius 1 is 0.676 bits per heavy atom. The van der Waals surface area contributed by atoms with Crippen molar-refractivity contribution in [2.24, 2.45) is 15.8 Å². The SMILES string of the molecule is CC12OC(C)(C3=C1Oc1ccccc1O3)C13C=NC=CC21C1OC3C2=C1Oc1ccccc1O2. The number of nitrogens with zero attached hydrogens (tertiary/aromatic N) is 1. The summed E-state index contributed by atoms with van der Waals surface area (Å²) in [5, 5.41) is 0. The second-order valence-electron chi connectivity index (χ2n) is 10.1. The van der Waals surface area contributed by atoms with Crippen molar-refractivity contribution < 1.29 is 28.4 Å². The van der Waals surface area contributed by atoms with Crippen molar-refractivity contribution in [3.63, 3.8) is 0 Å². The predicted molar refractivity (Wildman–Crippen MR) is 119 cm³/mol. The van der Waals surface area contributed by atoms with Gasteiger partial charge in [-0.05, 0) is 38.1 Å². The Balaban J connectivity index is 1.30. The molecule has 6 atom stereocenters. The summed E-state index contributed by atoms with van der Waals surface area (Å²) in [5.74, 6) is 5.42. The van der Waals surface area contributed by atoms with Crippen molar-refractivity contribution >= 4 is 6.21 Å². The number of hydrogen-bond acceptors (Lipinski definition) is 7. The third-order valence-corrected chi connectivity index (χ3v) is 8.83. The van der Waals surface area contributed by atoms with Gasteiger partial charge in [-0.2, -0.15) is 0 Å². The van der Waals surface area contributed by atoms with Gasteiger partial charge in [-0.25, -0.2) is 0 Å². The van der Waals surface area contributed by atoms with Crippen LogP contribution in [0, 0.1) is 10.8 Å². The van der Waals surface area contributed by atoms with E-state index >= 15 is 0 Å². The third kappa shape index (κ3) is 1.48. The molecule has 2 saturated heterocycles. The lowest BCUT2D eigenvalue weighted by Gasteiger charge is -2.54. The number of benzene rings is 2. The molecular weight excluding hydrogens is 434 g/mol. The number of aliphatic imine (C=N–C) groups is 1. The first-order chi connectivity index (χ1) is 16.5. The van der Waals surface area contributed by atoms with E-state index < -0.39 is 34.2 Å². The lowest BCUT2D eigenvalue weighted by Crippen LogP contribution is -2.67. The topological polar surface area (TPSA) is 67.7 Å². The zero-order chi connectivity index (χ0) is 22.5. The molecule has 2 aromatic rings. The van der Waals surface area contributed by atoms with Crippen molar-refractivity contribution in [3.05, 3.63) is 83.8 Å². The first-order valence-electron chi connectivity index (χ1n) is 11.5. The fourth-order valence-electron chi connectivity index (χ4n) is 7.54. The molecule has 7 nitrogen and oxygen atoms in total. The minimum Gasteiger partial charge on any atom is -0.451 e. The zero-order valence-electron chi connectivity index (χ0n) is 18.4. The standard InChI is InChI=1S/C27H19NO6/c1-24-22-23(32-17-10-6-5-9-16(17)31-22)25(2,34-24)27-13-28-12-11-26(24,27)20-18-19(21(27)33-20)30-15-8-4-3-7-14(15)29-18/h3-13,20-21H,1-2H3. The average molecular weight is 453 g/mol.